The van der Waals surface area contributed by atoms with Gasteiger partial charge in [0.25, 0.3) is 5.91 Å². The van der Waals surface area contributed by atoms with E-state index < -0.39 is 6.10 Å². The van der Waals surface area contributed by atoms with Gasteiger partial charge in [-0.25, -0.2) is 0 Å². The van der Waals surface area contributed by atoms with E-state index in [0.717, 1.165) is 0 Å². The second-order valence-electron chi connectivity index (χ2n) is 4.44. The van der Waals surface area contributed by atoms with Crippen molar-refractivity contribution in [2.75, 3.05) is 12.4 Å². The minimum absolute atomic E-state index is 0.250. The van der Waals surface area contributed by atoms with E-state index in [4.69, 9.17) is 21.1 Å². The molecule has 0 heterocycles. The molecule has 4 nitrogen and oxygen atoms in total. The van der Waals surface area contributed by atoms with Crippen molar-refractivity contribution in [1.29, 1.82) is 0 Å². The minimum Gasteiger partial charge on any atom is -0.497 e. The molecule has 110 valence electrons. The minimum atomic E-state index is -0.643. The molecule has 0 unspecified atom stereocenters. The van der Waals surface area contributed by atoms with Gasteiger partial charge in [-0.2, -0.15) is 0 Å². The van der Waals surface area contributed by atoms with Gasteiger partial charge in [0.1, 0.15) is 11.5 Å². The van der Waals surface area contributed by atoms with Gasteiger partial charge in [0.15, 0.2) is 6.10 Å². The molecule has 5 heteroatoms. The Balaban J connectivity index is 1.99. The summed E-state index contributed by atoms with van der Waals surface area (Å²) < 4.78 is 10.7. The fourth-order valence-electron chi connectivity index (χ4n) is 1.74. The number of nitrogens with one attached hydrogen (secondary N) is 1. The van der Waals surface area contributed by atoms with Crippen LogP contribution in [0.2, 0.25) is 5.02 Å². The highest BCUT2D eigenvalue weighted by molar-refractivity contribution is 6.30. The Morgan fingerprint density at radius 2 is 1.86 bits per heavy atom. The zero-order chi connectivity index (χ0) is 15.2. The van der Waals surface area contributed by atoms with Gasteiger partial charge in [0.2, 0.25) is 0 Å². The smallest absolute Gasteiger partial charge is 0.265 e. The van der Waals surface area contributed by atoms with Crippen molar-refractivity contribution in [2.45, 2.75) is 13.0 Å². The van der Waals surface area contributed by atoms with Crippen LogP contribution in [-0.4, -0.2) is 19.1 Å². The van der Waals surface area contributed by atoms with Gasteiger partial charge < -0.3 is 14.8 Å². The number of benzene rings is 2. The topological polar surface area (TPSA) is 47.6 Å². The first-order valence-corrected chi connectivity index (χ1v) is 6.83. The summed E-state index contributed by atoms with van der Waals surface area (Å²) >= 11 is 5.87. The van der Waals surface area contributed by atoms with Crippen molar-refractivity contribution in [3.63, 3.8) is 0 Å². The molecule has 0 aliphatic heterocycles. The predicted molar refractivity (Wildman–Crippen MR) is 83.2 cm³/mol. The van der Waals surface area contributed by atoms with E-state index in [1.807, 2.05) is 6.07 Å². The second kappa shape index (κ2) is 6.99. The van der Waals surface area contributed by atoms with Gasteiger partial charge in [0, 0.05) is 16.8 Å². The fourth-order valence-corrected chi connectivity index (χ4v) is 1.93. The Morgan fingerprint density at radius 1 is 1.14 bits per heavy atom. The summed E-state index contributed by atoms with van der Waals surface area (Å²) in [5, 5.41) is 3.32. The molecular formula is C16H16ClNO3. The van der Waals surface area contributed by atoms with Crippen LogP contribution in [0.15, 0.2) is 48.5 Å². The van der Waals surface area contributed by atoms with E-state index in [2.05, 4.69) is 5.32 Å². The van der Waals surface area contributed by atoms with Gasteiger partial charge in [-0.3, -0.25) is 4.79 Å². The summed E-state index contributed by atoms with van der Waals surface area (Å²) in [6.45, 7) is 1.68. The number of carbonyl (C=O) groups excluding carboxylic acids is 1. The molecule has 0 radical (unpaired) electrons. The van der Waals surface area contributed by atoms with Crippen molar-refractivity contribution < 1.29 is 14.3 Å². The molecule has 0 bridgehead atoms. The van der Waals surface area contributed by atoms with Crippen LogP contribution in [0, 0.1) is 0 Å². The SMILES string of the molecule is COc1cccc(O[C@H](C)C(=O)Nc2cccc(Cl)c2)c1. The molecule has 2 rings (SSSR count). The van der Waals surface area contributed by atoms with E-state index in [1.54, 1.807) is 56.5 Å². The molecule has 0 saturated carbocycles. The van der Waals surface area contributed by atoms with Gasteiger partial charge in [-0.05, 0) is 37.3 Å². The standard InChI is InChI=1S/C16H16ClNO3/c1-11(21-15-8-4-7-14(10-15)20-2)16(19)18-13-6-3-5-12(17)9-13/h3-11H,1-2H3,(H,18,19)/t11-/m1/s1. The highest BCUT2D eigenvalue weighted by Gasteiger charge is 2.15. The largest absolute Gasteiger partial charge is 0.497 e. The molecule has 1 atom stereocenters. The molecule has 0 aliphatic carbocycles. The van der Waals surface area contributed by atoms with Gasteiger partial charge in [-0.1, -0.05) is 23.7 Å². The molecular weight excluding hydrogens is 290 g/mol. The Hall–Kier alpha value is -2.20. The highest BCUT2D eigenvalue weighted by Crippen LogP contribution is 2.20. The lowest BCUT2D eigenvalue weighted by atomic mass is 10.3. The lowest BCUT2D eigenvalue weighted by Crippen LogP contribution is -2.30. The van der Waals surface area contributed by atoms with Crippen molar-refractivity contribution in [2.24, 2.45) is 0 Å². The van der Waals surface area contributed by atoms with Crippen molar-refractivity contribution in [1.82, 2.24) is 0 Å². The first kappa shape index (κ1) is 15.2. The van der Waals surface area contributed by atoms with Crippen LogP contribution in [0.5, 0.6) is 11.5 Å². The molecule has 1 amide bonds. The maximum atomic E-state index is 12.1. The molecule has 0 aromatic heterocycles. The maximum absolute atomic E-state index is 12.1. The Morgan fingerprint density at radius 3 is 2.57 bits per heavy atom. The monoisotopic (exact) mass is 305 g/mol. The number of carbonyl (C=O) groups is 1. The molecule has 2 aromatic rings. The van der Waals surface area contributed by atoms with Crippen LogP contribution in [0.3, 0.4) is 0 Å². The summed E-state index contributed by atoms with van der Waals surface area (Å²) in [7, 11) is 1.58. The average Bonchev–Trinajstić information content (AvgIpc) is 2.47. The predicted octanol–water partition coefficient (Wildman–Crippen LogP) is 3.75. The number of methoxy groups -OCH3 is 1. The third-order valence-electron chi connectivity index (χ3n) is 2.82. The zero-order valence-corrected chi connectivity index (χ0v) is 12.6. The lowest BCUT2D eigenvalue weighted by molar-refractivity contribution is -0.122. The van der Waals surface area contributed by atoms with E-state index >= 15 is 0 Å². The summed E-state index contributed by atoms with van der Waals surface area (Å²) in [6, 6.07) is 14.1. The number of amides is 1. The van der Waals surface area contributed by atoms with Gasteiger partial charge in [0.05, 0.1) is 7.11 Å². The van der Waals surface area contributed by atoms with Gasteiger partial charge in [-0.15, -0.1) is 0 Å². The normalized spacial score (nSPS) is 11.6. The van der Waals surface area contributed by atoms with E-state index in [1.165, 1.54) is 0 Å². The Kier molecular flexibility index (Phi) is 5.06. The van der Waals surface area contributed by atoms with E-state index in [0.29, 0.717) is 22.2 Å². The third kappa shape index (κ3) is 4.39. The fraction of sp³-hybridized carbons (Fsp3) is 0.188. The molecule has 0 saturated heterocycles. The molecule has 0 spiro atoms. The summed E-state index contributed by atoms with van der Waals surface area (Å²) in [4.78, 5) is 12.1. The second-order valence-corrected chi connectivity index (χ2v) is 4.88. The Labute approximate surface area is 128 Å². The summed E-state index contributed by atoms with van der Waals surface area (Å²) in [5.41, 5.74) is 0.633. The number of rotatable bonds is 5. The van der Waals surface area contributed by atoms with Crippen molar-refractivity contribution >= 4 is 23.2 Å². The number of anilines is 1. The van der Waals surface area contributed by atoms with Crippen molar-refractivity contribution in [3.05, 3.63) is 53.6 Å². The van der Waals surface area contributed by atoms with E-state index in [-0.39, 0.29) is 5.91 Å². The summed E-state index contributed by atoms with van der Waals surface area (Å²) in [6.07, 6.45) is -0.643. The molecule has 0 fully saturated rings. The molecule has 2 aromatic carbocycles. The Bertz CT molecular complexity index is 630. The van der Waals surface area contributed by atoms with Crippen LogP contribution in [-0.2, 0) is 4.79 Å². The average molecular weight is 306 g/mol. The first-order valence-electron chi connectivity index (χ1n) is 6.45. The van der Waals surface area contributed by atoms with Gasteiger partial charge >= 0.3 is 0 Å². The molecule has 21 heavy (non-hydrogen) atoms. The first-order chi connectivity index (χ1) is 10.1. The highest BCUT2D eigenvalue weighted by atomic mass is 35.5. The van der Waals surface area contributed by atoms with Crippen molar-refractivity contribution in [3.8, 4) is 11.5 Å². The quantitative estimate of drug-likeness (QED) is 0.915. The molecule has 1 N–H and O–H groups in total. The zero-order valence-electron chi connectivity index (χ0n) is 11.8. The number of ether oxygens (including phenoxy) is 2. The number of hydrogen-bond donors (Lipinski definition) is 1. The van der Waals surface area contributed by atoms with Crippen LogP contribution in [0.25, 0.3) is 0 Å². The number of hydrogen-bond acceptors (Lipinski definition) is 3. The van der Waals surface area contributed by atoms with Crippen LogP contribution in [0.4, 0.5) is 5.69 Å². The van der Waals surface area contributed by atoms with Crippen LogP contribution >= 0.6 is 11.6 Å². The number of halogens is 1. The maximum Gasteiger partial charge on any atom is 0.265 e. The van der Waals surface area contributed by atoms with Crippen LogP contribution < -0.4 is 14.8 Å². The molecule has 0 aliphatic rings. The van der Waals surface area contributed by atoms with E-state index in [9.17, 15) is 4.79 Å². The van der Waals surface area contributed by atoms with Crippen LogP contribution in [0.1, 0.15) is 6.92 Å². The summed E-state index contributed by atoms with van der Waals surface area (Å²) in [5.74, 6) is 0.998. The lowest BCUT2D eigenvalue weighted by Gasteiger charge is -2.15. The third-order valence-corrected chi connectivity index (χ3v) is 3.05.